The maximum absolute atomic E-state index is 12.7. The number of anilines is 1. The lowest BCUT2D eigenvalue weighted by atomic mass is 9.83. The van der Waals surface area contributed by atoms with Crippen molar-refractivity contribution in [3.8, 4) is 0 Å². The molecule has 0 unspecified atom stereocenters. The number of carbonyl (C=O) groups is 2. The molecule has 1 aliphatic rings. The molecular formula is C16H8Cl2F3NO2. The number of rotatable bonds is 2. The molecule has 0 spiro atoms. The fourth-order valence-electron chi connectivity index (χ4n) is 2.58. The third-order valence-electron chi connectivity index (χ3n) is 3.57. The second-order valence-electron chi connectivity index (χ2n) is 5.14. The summed E-state index contributed by atoms with van der Waals surface area (Å²) in [5, 5.41) is 1.86. The third-order valence-corrected chi connectivity index (χ3v) is 4.16. The van der Waals surface area contributed by atoms with Crippen molar-refractivity contribution in [2.75, 3.05) is 11.9 Å². The molecule has 3 nitrogen and oxygen atoms in total. The number of carbonyl (C=O) groups excluding carboxylic acids is 2. The van der Waals surface area contributed by atoms with Crippen LogP contribution >= 0.6 is 23.2 Å². The number of nitrogens with one attached hydrogen (secondary N) is 1. The molecule has 0 aromatic heterocycles. The summed E-state index contributed by atoms with van der Waals surface area (Å²) in [4.78, 5) is 25.3. The standard InChI is InChI=1S/C16H8Cl2F3NO2/c17-9-5-10(18)13(22-6-16(19,20)21)12-11(9)14(23)7-3-1-2-4-8(7)15(12)24/h1-5,22H,6H2. The Kier molecular flexibility index (Phi) is 4.05. The van der Waals surface area contributed by atoms with Gasteiger partial charge in [-0.25, -0.2) is 0 Å². The molecule has 2 aromatic rings. The van der Waals surface area contributed by atoms with Gasteiger partial charge in [0.05, 0.1) is 26.9 Å². The van der Waals surface area contributed by atoms with E-state index in [1.54, 1.807) is 12.1 Å². The largest absolute Gasteiger partial charge is 0.405 e. The molecule has 0 aliphatic heterocycles. The van der Waals surface area contributed by atoms with E-state index < -0.39 is 24.3 Å². The summed E-state index contributed by atoms with van der Waals surface area (Å²) >= 11 is 12.0. The van der Waals surface area contributed by atoms with Crippen LogP contribution in [0, 0.1) is 0 Å². The van der Waals surface area contributed by atoms with E-state index in [0.29, 0.717) is 0 Å². The van der Waals surface area contributed by atoms with E-state index in [4.69, 9.17) is 23.2 Å². The fourth-order valence-corrected chi connectivity index (χ4v) is 3.19. The number of ketones is 2. The first-order chi connectivity index (χ1) is 11.2. The molecule has 24 heavy (non-hydrogen) atoms. The van der Waals surface area contributed by atoms with Crippen LogP contribution in [0.5, 0.6) is 0 Å². The first-order valence-corrected chi connectivity index (χ1v) is 7.47. The van der Waals surface area contributed by atoms with E-state index in [9.17, 15) is 22.8 Å². The van der Waals surface area contributed by atoms with E-state index in [-0.39, 0.29) is 38.0 Å². The van der Waals surface area contributed by atoms with Crippen LogP contribution in [-0.4, -0.2) is 24.3 Å². The number of alkyl halides is 3. The van der Waals surface area contributed by atoms with Crippen LogP contribution in [0.2, 0.25) is 10.0 Å². The summed E-state index contributed by atoms with van der Waals surface area (Å²) in [6.07, 6.45) is -4.52. The summed E-state index contributed by atoms with van der Waals surface area (Å²) in [6.45, 7) is -1.40. The fraction of sp³-hybridized carbons (Fsp3) is 0.125. The minimum Gasteiger partial charge on any atom is -0.375 e. The molecule has 2 aromatic carbocycles. The number of benzene rings is 2. The lowest BCUT2D eigenvalue weighted by Gasteiger charge is -2.23. The predicted molar refractivity (Wildman–Crippen MR) is 84.3 cm³/mol. The number of hydrogen-bond acceptors (Lipinski definition) is 3. The summed E-state index contributed by atoms with van der Waals surface area (Å²) in [6, 6.07) is 7.19. The molecule has 0 bridgehead atoms. The summed E-state index contributed by atoms with van der Waals surface area (Å²) < 4.78 is 37.5. The van der Waals surface area contributed by atoms with Crippen molar-refractivity contribution >= 4 is 40.5 Å². The second-order valence-corrected chi connectivity index (χ2v) is 5.95. The van der Waals surface area contributed by atoms with Gasteiger partial charge in [0.15, 0.2) is 11.6 Å². The second kappa shape index (κ2) is 5.79. The molecule has 1 N–H and O–H groups in total. The normalized spacial score (nSPS) is 13.5. The van der Waals surface area contributed by atoms with Crippen molar-refractivity contribution in [1.29, 1.82) is 0 Å². The molecule has 8 heteroatoms. The quantitative estimate of drug-likeness (QED) is 0.705. The molecular weight excluding hydrogens is 366 g/mol. The number of hydrogen-bond donors (Lipinski definition) is 1. The zero-order valence-corrected chi connectivity index (χ0v) is 13.3. The van der Waals surface area contributed by atoms with Crippen molar-refractivity contribution in [3.05, 3.63) is 62.6 Å². The average molecular weight is 374 g/mol. The Morgan fingerprint density at radius 2 is 1.46 bits per heavy atom. The van der Waals surface area contributed by atoms with Gasteiger partial charge < -0.3 is 5.32 Å². The Balaban J connectivity index is 2.22. The van der Waals surface area contributed by atoms with E-state index in [1.807, 2.05) is 0 Å². The maximum atomic E-state index is 12.7. The number of halogens is 5. The Labute approximate surface area is 144 Å². The van der Waals surface area contributed by atoms with Crippen molar-refractivity contribution < 1.29 is 22.8 Å². The summed E-state index contributed by atoms with van der Waals surface area (Å²) in [5.41, 5.74) is -0.375. The lowest BCUT2D eigenvalue weighted by molar-refractivity contribution is -0.115. The van der Waals surface area contributed by atoms with E-state index in [2.05, 4.69) is 5.32 Å². The first-order valence-electron chi connectivity index (χ1n) is 6.71. The molecule has 124 valence electrons. The Morgan fingerprint density at radius 3 is 2.00 bits per heavy atom. The van der Waals surface area contributed by atoms with Crippen LogP contribution in [0.4, 0.5) is 18.9 Å². The molecule has 0 saturated carbocycles. The van der Waals surface area contributed by atoms with Gasteiger partial charge in [0.2, 0.25) is 0 Å². The van der Waals surface area contributed by atoms with Crippen LogP contribution in [0.25, 0.3) is 0 Å². The lowest BCUT2D eigenvalue weighted by Crippen LogP contribution is -2.26. The van der Waals surface area contributed by atoms with E-state index in [0.717, 1.165) is 6.07 Å². The van der Waals surface area contributed by atoms with E-state index in [1.165, 1.54) is 12.1 Å². The average Bonchev–Trinajstić information content (AvgIpc) is 2.50. The van der Waals surface area contributed by atoms with Crippen molar-refractivity contribution in [2.24, 2.45) is 0 Å². The highest BCUT2D eigenvalue weighted by molar-refractivity contribution is 6.43. The zero-order chi connectivity index (χ0) is 17.6. The van der Waals surface area contributed by atoms with Gasteiger partial charge in [-0.05, 0) is 6.07 Å². The SMILES string of the molecule is O=C1c2ccccc2C(=O)c2c(NCC(F)(F)F)c(Cl)cc(Cl)c21. The highest BCUT2D eigenvalue weighted by Gasteiger charge is 2.36. The van der Waals surface area contributed by atoms with Crippen LogP contribution in [0.3, 0.4) is 0 Å². The molecule has 0 fully saturated rings. The maximum Gasteiger partial charge on any atom is 0.405 e. The molecule has 0 atom stereocenters. The minimum absolute atomic E-state index is 0.0830. The van der Waals surface area contributed by atoms with Crippen LogP contribution < -0.4 is 5.32 Å². The van der Waals surface area contributed by atoms with Gasteiger partial charge in [-0.1, -0.05) is 47.5 Å². The predicted octanol–water partition coefficient (Wildman–Crippen LogP) is 4.74. The van der Waals surface area contributed by atoms with Gasteiger partial charge in [-0.15, -0.1) is 0 Å². The smallest absolute Gasteiger partial charge is 0.375 e. The van der Waals surface area contributed by atoms with Crippen LogP contribution in [0.15, 0.2) is 30.3 Å². The van der Waals surface area contributed by atoms with Crippen molar-refractivity contribution in [2.45, 2.75) is 6.18 Å². The molecule has 0 heterocycles. The van der Waals surface area contributed by atoms with Crippen LogP contribution in [0.1, 0.15) is 31.8 Å². The Hall–Kier alpha value is -2.05. The molecule has 1 aliphatic carbocycles. The van der Waals surface area contributed by atoms with Gasteiger partial charge in [0.25, 0.3) is 0 Å². The number of fused-ring (bicyclic) bond motifs is 2. The minimum atomic E-state index is -4.52. The molecule has 0 amide bonds. The van der Waals surface area contributed by atoms with Gasteiger partial charge in [-0.2, -0.15) is 13.2 Å². The highest BCUT2D eigenvalue weighted by atomic mass is 35.5. The van der Waals surface area contributed by atoms with Crippen LogP contribution in [-0.2, 0) is 0 Å². The third kappa shape index (κ3) is 2.76. The van der Waals surface area contributed by atoms with Crippen molar-refractivity contribution in [3.63, 3.8) is 0 Å². The highest BCUT2D eigenvalue weighted by Crippen LogP contribution is 2.40. The van der Waals surface area contributed by atoms with Crippen molar-refractivity contribution in [1.82, 2.24) is 0 Å². The molecule has 0 radical (unpaired) electrons. The summed E-state index contributed by atoms with van der Waals surface area (Å²) in [5.74, 6) is -1.13. The monoisotopic (exact) mass is 373 g/mol. The summed E-state index contributed by atoms with van der Waals surface area (Å²) in [7, 11) is 0. The zero-order valence-electron chi connectivity index (χ0n) is 11.8. The van der Waals surface area contributed by atoms with Gasteiger partial charge in [0, 0.05) is 11.1 Å². The van der Waals surface area contributed by atoms with Gasteiger partial charge >= 0.3 is 6.18 Å². The molecule has 3 rings (SSSR count). The molecule has 0 saturated heterocycles. The van der Waals surface area contributed by atoms with Gasteiger partial charge in [0.1, 0.15) is 6.54 Å². The van der Waals surface area contributed by atoms with Gasteiger partial charge in [-0.3, -0.25) is 9.59 Å². The topological polar surface area (TPSA) is 46.2 Å². The first kappa shape index (κ1) is 16.8. The van der Waals surface area contributed by atoms with E-state index >= 15 is 0 Å². The Bertz CT molecular complexity index is 878. The Morgan fingerprint density at radius 1 is 0.917 bits per heavy atom.